The summed E-state index contributed by atoms with van der Waals surface area (Å²) in [6.45, 7) is 0. The van der Waals surface area contributed by atoms with Gasteiger partial charge in [-0.15, -0.1) is 0 Å². The van der Waals surface area contributed by atoms with Crippen LogP contribution < -0.4 is 0 Å². The standard InChI is InChI=1S/C2H8N2P2/c1-4(2)6-3-5/h5-6H,1-2H3. The Labute approximate surface area is 42.1 Å². The van der Waals surface area contributed by atoms with E-state index in [4.69, 9.17) is 0 Å². The van der Waals surface area contributed by atoms with E-state index in [2.05, 4.69) is 13.5 Å². The van der Waals surface area contributed by atoms with Crippen molar-refractivity contribution in [3.05, 3.63) is 0 Å². The molecule has 0 aromatic rings. The SMILES string of the molecule is CN(C)PN=P. The van der Waals surface area contributed by atoms with Gasteiger partial charge in [-0.2, -0.15) is 0 Å². The molecule has 4 heteroatoms. The molecule has 2 nitrogen and oxygen atoms in total. The second kappa shape index (κ2) is 3.67. The Balaban J connectivity index is 2.81. The summed E-state index contributed by atoms with van der Waals surface area (Å²) >= 11 is 0. The highest BCUT2D eigenvalue weighted by molar-refractivity contribution is 7.38. The molecule has 0 aromatic heterocycles. The zero-order chi connectivity index (χ0) is 4.99. The minimum atomic E-state index is 0.543. The average molecular weight is 122 g/mol. The molecule has 36 valence electrons. The lowest BCUT2D eigenvalue weighted by atomic mass is 11.3. The molecule has 6 heavy (non-hydrogen) atoms. The molecule has 1 unspecified atom stereocenters. The fourth-order valence-electron chi connectivity index (χ4n) is 0.100. The predicted molar refractivity (Wildman–Crippen MR) is 32.7 cm³/mol. The first-order valence-electron chi connectivity index (χ1n) is 1.57. The van der Waals surface area contributed by atoms with E-state index in [9.17, 15) is 0 Å². The molecule has 0 spiro atoms. The van der Waals surface area contributed by atoms with Gasteiger partial charge in [-0.3, -0.25) is 4.67 Å². The number of hydrogen-bond acceptors (Lipinski definition) is 2. The Hall–Kier alpha value is 0.490. The van der Waals surface area contributed by atoms with Gasteiger partial charge in [0.2, 0.25) is 0 Å². The highest BCUT2D eigenvalue weighted by Crippen LogP contribution is 2.13. The first-order valence-corrected chi connectivity index (χ1v) is 2.91. The van der Waals surface area contributed by atoms with Gasteiger partial charge in [0.15, 0.2) is 0 Å². The molecular weight excluding hydrogens is 114 g/mol. The molecule has 0 aromatic carbocycles. The van der Waals surface area contributed by atoms with Crippen LogP contribution >= 0.6 is 17.9 Å². The van der Waals surface area contributed by atoms with Crippen molar-refractivity contribution < 1.29 is 0 Å². The molecule has 0 bridgehead atoms. The van der Waals surface area contributed by atoms with Crippen LogP contribution in [0.3, 0.4) is 0 Å². The van der Waals surface area contributed by atoms with Gasteiger partial charge in [0, 0.05) is 0 Å². The molecule has 0 heterocycles. The summed E-state index contributed by atoms with van der Waals surface area (Å²) < 4.78 is 5.69. The zero-order valence-electron chi connectivity index (χ0n) is 3.89. The maximum Gasteiger partial charge on any atom is 0.0785 e. The molecule has 1 atom stereocenters. The third-order valence-electron chi connectivity index (χ3n) is 0.250. The molecule has 0 aliphatic carbocycles. The fourth-order valence-corrected chi connectivity index (χ4v) is 0.900. The average Bonchev–Trinajstić information content (AvgIpc) is 1.35. The minimum absolute atomic E-state index is 0.543. The van der Waals surface area contributed by atoms with E-state index in [1.165, 1.54) is 0 Å². The van der Waals surface area contributed by atoms with Crippen LogP contribution in [0.4, 0.5) is 0 Å². The lowest BCUT2D eigenvalue weighted by molar-refractivity contribution is 0.692. The van der Waals surface area contributed by atoms with Crippen LogP contribution in [-0.2, 0) is 0 Å². The first kappa shape index (κ1) is 6.49. The van der Waals surface area contributed by atoms with Crippen molar-refractivity contribution in [3.8, 4) is 0 Å². The zero-order valence-corrected chi connectivity index (χ0v) is 5.89. The van der Waals surface area contributed by atoms with Crippen LogP contribution in [0, 0.1) is 0 Å². The van der Waals surface area contributed by atoms with Crippen molar-refractivity contribution in [1.82, 2.24) is 4.67 Å². The summed E-state index contributed by atoms with van der Waals surface area (Å²) in [6.07, 6.45) is 0. The van der Waals surface area contributed by atoms with E-state index in [0.29, 0.717) is 8.88 Å². The molecule has 0 aliphatic rings. The van der Waals surface area contributed by atoms with E-state index < -0.39 is 0 Å². The predicted octanol–water partition coefficient (Wildman–Crippen LogP) is 1.38. The Morgan fingerprint density at radius 3 is 2.17 bits per heavy atom. The van der Waals surface area contributed by atoms with Gasteiger partial charge in [0.25, 0.3) is 0 Å². The summed E-state index contributed by atoms with van der Waals surface area (Å²) in [4.78, 5) is 0. The maximum absolute atomic E-state index is 3.69. The van der Waals surface area contributed by atoms with Gasteiger partial charge in [-0.05, 0) is 23.1 Å². The molecule has 0 rings (SSSR count). The monoisotopic (exact) mass is 122 g/mol. The number of rotatable bonds is 2. The Kier molecular flexibility index (Phi) is 3.97. The van der Waals surface area contributed by atoms with Crippen LogP contribution in [0.5, 0.6) is 0 Å². The van der Waals surface area contributed by atoms with Gasteiger partial charge >= 0.3 is 0 Å². The first-order chi connectivity index (χ1) is 2.77. The van der Waals surface area contributed by atoms with Crippen molar-refractivity contribution >= 4 is 17.9 Å². The third kappa shape index (κ3) is 4.49. The highest BCUT2D eigenvalue weighted by atomic mass is 31.1. The van der Waals surface area contributed by atoms with E-state index in [1.54, 1.807) is 0 Å². The maximum atomic E-state index is 3.69. The third-order valence-corrected chi connectivity index (χ3v) is 1.05. The molecule has 0 amide bonds. The highest BCUT2D eigenvalue weighted by Gasteiger charge is 1.77. The van der Waals surface area contributed by atoms with Gasteiger partial charge in [0.05, 0.1) is 8.88 Å². The van der Waals surface area contributed by atoms with Crippen LogP contribution in [0.2, 0.25) is 0 Å². The van der Waals surface area contributed by atoms with Crippen LogP contribution in [0.25, 0.3) is 0 Å². The smallest absolute Gasteiger partial charge is 0.0785 e. The Morgan fingerprint density at radius 1 is 1.67 bits per heavy atom. The van der Waals surface area contributed by atoms with Gasteiger partial charge in [-0.25, -0.2) is 4.52 Å². The summed E-state index contributed by atoms with van der Waals surface area (Å²) in [5.74, 6) is 0. The van der Waals surface area contributed by atoms with Crippen molar-refractivity contribution in [2.75, 3.05) is 14.1 Å². The largest absolute Gasteiger partial charge is 0.272 e. The van der Waals surface area contributed by atoms with Crippen molar-refractivity contribution in [1.29, 1.82) is 0 Å². The minimum Gasteiger partial charge on any atom is -0.272 e. The normalized spacial score (nSPS) is 11.2. The van der Waals surface area contributed by atoms with Crippen LogP contribution in [0.15, 0.2) is 4.52 Å². The van der Waals surface area contributed by atoms with E-state index in [1.807, 2.05) is 18.8 Å². The van der Waals surface area contributed by atoms with Crippen LogP contribution in [0.1, 0.15) is 0 Å². The fraction of sp³-hybridized carbons (Fsp3) is 1.00. The second-order valence-corrected chi connectivity index (χ2v) is 3.10. The molecule has 0 saturated carbocycles. The second-order valence-electron chi connectivity index (χ2n) is 1.11. The van der Waals surface area contributed by atoms with Crippen molar-refractivity contribution in [3.63, 3.8) is 0 Å². The Bertz CT molecular complexity index is 44.8. The van der Waals surface area contributed by atoms with Gasteiger partial charge in [-0.1, -0.05) is 0 Å². The molecular formula is C2H8N2P2. The quantitative estimate of drug-likeness (QED) is 0.505. The number of hydrogen-bond donors (Lipinski definition) is 0. The van der Waals surface area contributed by atoms with Gasteiger partial charge < -0.3 is 0 Å². The lowest BCUT2D eigenvalue weighted by Gasteiger charge is -1.99. The topological polar surface area (TPSA) is 15.6 Å². The lowest BCUT2D eigenvalue weighted by Crippen LogP contribution is -1.92. The number of nitrogens with zero attached hydrogens (tertiary/aromatic N) is 2. The summed E-state index contributed by atoms with van der Waals surface area (Å²) in [5, 5.41) is 0. The van der Waals surface area contributed by atoms with E-state index in [0.717, 1.165) is 0 Å². The molecule has 0 N–H and O–H groups in total. The molecule has 0 fully saturated rings. The molecule has 0 aliphatic heterocycles. The van der Waals surface area contributed by atoms with Crippen molar-refractivity contribution in [2.24, 2.45) is 4.52 Å². The molecule has 0 saturated heterocycles. The molecule has 0 radical (unpaired) electrons. The summed E-state index contributed by atoms with van der Waals surface area (Å²) in [7, 11) is 7.48. The van der Waals surface area contributed by atoms with Gasteiger partial charge in [0.1, 0.15) is 0 Å². The summed E-state index contributed by atoms with van der Waals surface area (Å²) in [5.41, 5.74) is 0. The van der Waals surface area contributed by atoms with E-state index >= 15 is 0 Å². The van der Waals surface area contributed by atoms with Crippen molar-refractivity contribution in [2.45, 2.75) is 0 Å². The van der Waals surface area contributed by atoms with Crippen LogP contribution in [-0.4, -0.2) is 18.8 Å². The van der Waals surface area contributed by atoms with E-state index in [-0.39, 0.29) is 0 Å². The Morgan fingerprint density at radius 2 is 2.17 bits per heavy atom. The summed E-state index contributed by atoms with van der Waals surface area (Å²) in [6, 6.07) is 0.